The average Bonchev–Trinajstić information content (AvgIpc) is 2.09. The molecule has 0 aromatic heterocycles. The molecule has 0 atom stereocenters. The first-order valence-electron chi connectivity index (χ1n) is 4.31. The van der Waals surface area contributed by atoms with Crippen LogP contribution in [0.2, 0.25) is 0 Å². The molecule has 0 bridgehead atoms. The SMILES string of the molecule is CNC(=O)CN1CC=C(C)CC1. The number of rotatable bonds is 2. The number of carbonyl (C=O) groups excluding carboxylic acids is 1. The molecule has 0 aromatic rings. The molecule has 1 amide bonds. The van der Waals surface area contributed by atoms with Crippen LogP contribution in [-0.2, 0) is 4.79 Å². The summed E-state index contributed by atoms with van der Waals surface area (Å²) >= 11 is 0. The maximum absolute atomic E-state index is 11.0. The number of carbonyl (C=O) groups is 1. The van der Waals surface area contributed by atoms with Gasteiger partial charge in [-0.1, -0.05) is 11.6 Å². The molecule has 1 N–H and O–H groups in total. The molecule has 1 aliphatic heterocycles. The molecule has 68 valence electrons. The summed E-state index contributed by atoms with van der Waals surface area (Å²) in [6.45, 7) is 4.59. The van der Waals surface area contributed by atoms with Crippen molar-refractivity contribution >= 4 is 5.91 Å². The lowest BCUT2D eigenvalue weighted by molar-refractivity contribution is -0.121. The van der Waals surface area contributed by atoms with Crippen molar-refractivity contribution in [1.29, 1.82) is 0 Å². The Labute approximate surface area is 73.4 Å². The van der Waals surface area contributed by atoms with E-state index in [0.29, 0.717) is 6.54 Å². The summed E-state index contributed by atoms with van der Waals surface area (Å²) in [5, 5.41) is 2.62. The number of hydrogen-bond acceptors (Lipinski definition) is 2. The highest BCUT2D eigenvalue weighted by Gasteiger charge is 2.11. The van der Waals surface area contributed by atoms with Crippen molar-refractivity contribution in [3.05, 3.63) is 11.6 Å². The zero-order chi connectivity index (χ0) is 8.97. The molecule has 3 heteroatoms. The molecular weight excluding hydrogens is 152 g/mol. The Hall–Kier alpha value is -0.830. The van der Waals surface area contributed by atoms with Crippen molar-refractivity contribution in [3.63, 3.8) is 0 Å². The lowest BCUT2D eigenvalue weighted by Crippen LogP contribution is -2.37. The number of hydrogen-bond donors (Lipinski definition) is 1. The lowest BCUT2D eigenvalue weighted by atomic mass is 10.1. The summed E-state index contributed by atoms with van der Waals surface area (Å²) in [5.74, 6) is 0.1000. The molecule has 3 nitrogen and oxygen atoms in total. The van der Waals surface area contributed by atoms with Gasteiger partial charge < -0.3 is 5.32 Å². The van der Waals surface area contributed by atoms with Crippen LogP contribution in [-0.4, -0.2) is 37.5 Å². The fraction of sp³-hybridized carbons (Fsp3) is 0.667. The van der Waals surface area contributed by atoms with Crippen LogP contribution in [0.15, 0.2) is 11.6 Å². The molecule has 1 heterocycles. The Morgan fingerprint density at radius 3 is 3.00 bits per heavy atom. The summed E-state index contributed by atoms with van der Waals surface area (Å²) in [4.78, 5) is 13.1. The number of nitrogens with zero attached hydrogens (tertiary/aromatic N) is 1. The van der Waals surface area contributed by atoms with Crippen molar-refractivity contribution in [2.45, 2.75) is 13.3 Å². The predicted octanol–water partition coefficient (Wildman–Crippen LogP) is 0.384. The first-order chi connectivity index (χ1) is 5.72. The molecule has 0 fully saturated rings. The minimum absolute atomic E-state index is 0.1000. The Morgan fingerprint density at radius 2 is 2.50 bits per heavy atom. The fourth-order valence-corrected chi connectivity index (χ4v) is 1.24. The van der Waals surface area contributed by atoms with Crippen LogP contribution in [0.3, 0.4) is 0 Å². The van der Waals surface area contributed by atoms with Crippen LogP contribution >= 0.6 is 0 Å². The minimum atomic E-state index is 0.1000. The summed E-state index contributed by atoms with van der Waals surface area (Å²) in [7, 11) is 1.67. The molecule has 1 aliphatic rings. The van der Waals surface area contributed by atoms with Crippen molar-refractivity contribution in [3.8, 4) is 0 Å². The average molecular weight is 168 g/mol. The van der Waals surface area contributed by atoms with E-state index in [9.17, 15) is 4.79 Å². The Bertz CT molecular complexity index is 199. The molecule has 0 spiro atoms. The van der Waals surface area contributed by atoms with E-state index in [1.54, 1.807) is 7.05 Å². The Balaban J connectivity index is 2.32. The van der Waals surface area contributed by atoms with E-state index in [4.69, 9.17) is 0 Å². The molecule has 12 heavy (non-hydrogen) atoms. The van der Waals surface area contributed by atoms with Gasteiger partial charge in [0, 0.05) is 20.1 Å². The zero-order valence-corrected chi connectivity index (χ0v) is 7.76. The molecule has 0 radical (unpaired) electrons. The zero-order valence-electron chi connectivity index (χ0n) is 7.76. The molecule has 0 saturated carbocycles. The molecule has 1 rings (SSSR count). The van der Waals surface area contributed by atoms with Gasteiger partial charge in [-0.3, -0.25) is 9.69 Å². The van der Waals surface area contributed by atoms with Crippen LogP contribution in [0.5, 0.6) is 0 Å². The largest absolute Gasteiger partial charge is 0.358 e. The van der Waals surface area contributed by atoms with E-state index in [1.807, 2.05) is 0 Å². The molecule has 0 aromatic carbocycles. The quantitative estimate of drug-likeness (QED) is 0.605. The maximum atomic E-state index is 11.0. The van der Waals surface area contributed by atoms with Crippen LogP contribution in [0.25, 0.3) is 0 Å². The topological polar surface area (TPSA) is 32.3 Å². The third-order valence-corrected chi connectivity index (χ3v) is 2.17. The van der Waals surface area contributed by atoms with E-state index >= 15 is 0 Å². The number of likely N-dealkylation sites (N-methyl/N-ethyl adjacent to an activating group) is 1. The third kappa shape index (κ3) is 2.66. The van der Waals surface area contributed by atoms with Crippen molar-refractivity contribution < 1.29 is 4.79 Å². The van der Waals surface area contributed by atoms with Crippen molar-refractivity contribution in [2.75, 3.05) is 26.7 Å². The van der Waals surface area contributed by atoms with Crippen LogP contribution in [0, 0.1) is 0 Å². The van der Waals surface area contributed by atoms with Gasteiger partial charge in [-0.15, -0.1) is 0 Å². The highest BCUT2D eigenvalue weighted by atomic mass is 16.1. The monoisotopic (exact) mass is 168 g/mol. The first kappa shape index (κ1) is 9.26. The number of amides is 1. The second-order valence-electron chi connectivity index (χ2n) is 3.21. The fourth-order valence-electron chi connectivity index (χ4n) is 1.24. The second kappa shape index (κ2) is 4.26. The van der Waals surface area contributed by atoms with Gasteiger partial charge in [-0.05, 0) is 13.3 Å². The van der Waals surface area contributed by atoms with Gasteiger partial charge >= 0.3 is 0 Å². The van der Waals surface area contributed by atoms with E-state index in [0.717, 1.165) is 19.5 Å². The third-order valence-electron chi connectivity index (χ3n) is 2.17. The smallest absolute Gasteiger partial charge is 0.233 e. The normalized spacial score (nSPS) is 18.7. The van der Waals surface area contributed by atoms with Gasteiger partial charge in [0.1, 0.15) is 0 Å². The molecular formula is C9H16N2O. The summed E-state index contributed by atoms with van der Waals surface area (Å²) < 4.78 is 0. The van der Waals surface area contributed by atoms with Gasteiger partial charge in [0.15, 0.2) is 0 Å². The Morgan fingerprint density at radius 1 is 1.75 bits per heavy atom. The van der Waals surface area contributed by atoms with Gasteiger partial charge in [0.2, 0.25) is 5.91 Å². The summed E-state index contributed by atoms with van der Waals surface area (Å²) in [6, 6.07) is 0. The van der Waals surface area contributed by atoms with Crippen LogP contribution < -0.4 is 5.32 Å². The standard InChI is InChI=1S/C9H16N2O/c1-8-3-5-11(6-4-8)7-9(12)10-2/h3H,4-7H2,1-2H3,(H,10,12). The molecule has 0 unspecified atom stereocenters. The Kier molecular flexibility index (Phi) is 3.29. The summed E-state index contributed by atoms with van der Waals surface area (Å²) in [5.41, 5.74) is 1.43. The van der Waals surface area contributed by atoms with Gasteiger partial charge in [-0.2, -0.15) is 0 Å². The highest BCUT2D eigenvalue weighted by Crippen LogP contribution is 2.08. The van der Waals surface area contributed by atoms with Crippen molar-refractivity contribution in [2.24, 2.45) is 0 Å². The van der Waals surface area contributed by atoms with Crippen LogP contribution in [0.1, 0.15) is 13.3 Å². The van der Waals surface area contributed by atoms with Gasteiger partial charge in [0.05, 0.1) is 6.54 Å². The molecule has 0 saturated heterocycles. The number of nitrogens with one attached hydrogen (secondary N) is 1. The van der Waals surface area contributed by atoms with Gasteiger partial charge in [0.25, 0.3) is 0 Å². The lowest BCUT2D eigenvalue weighted by Gasteiger charge is -2.23. The highest BCUT2D eigenvalue weighted by molar-refractivity contribution is 5.77. The second-order valence-corrected chi connectivity index (χ2v) is 3.21. The van der Waals surface area contributed by atoms with Gasteiger partial charge in [-0.25, -0.2) is 0 Å². The van der Waals surface area contributed by atoms with E-state index in [-0.39, 0.29) is 5.91 Å². The van der Waals surface area contributed by atoms with Crippen LogP contribution in [0.4, 0.5) is 0 Å². The van der Waals surface area contributed by atoms with E-state index < -0.39 is 0 Å². The van der Waals surface area contributed by atoms with Crippen molar-refractivity contribution in [1.82, 2.24) is 10.2 Å². The van der Waals surface area contributed by atoms with E-state index in [2.05, 4.69) is 23.2 Å². The molecule has 0 aliphatic carbocycles. The predicted molar refractivity (Wildman–Crippen MR) is 48.9 cm³/mol. The summed E-state index contributed by atoms with van der Waals surface area (Å²) in [6.07, 6.45) is 3.28. The first-order valence-corrected chi connectivity index (χ1v) is 4.31. The maximum Gasteiger partial charge on any atom is 0.233 e. The minimum Gasteiger partial charge on any atom is -0.358 e. The van der Waals surface area contributed by atoms with E-state index in [1.165, 1.54) is 5.57 Å².